The Morgan fingerprint density at radius 1 is 1.05 bits per heavy atom. The minimum absolute atomic E-state index is 0.186. The Bertz CT molecular complexity index is 614. The van der Waals surface area contributed by atoms with Crippen LogP contribution in [0.4, 0.5) is 5.69 Å². The minimum Gasteiger partial charge on any atom is -0.378 e. The standard InChI is InChI=1S/C18H21BrClN/c1-12(21-17-11-15(20)9-10-16(17)19)13-5-7-14(8-6-13)18(2,3)4/h5-12,21H,1-4H3. The van der Waals surface area contributed by atoms with Crippen molar-refractivity contribution in [2.45, 2.75) is 39.2 Å². The second kappa shape index (κ2) is 6.41. The molecule has 2 aromatic rings. The summed E-state index contributed by atoms with van der Waals surface area (Å²) in [5, 5.41) is 4.23. The largest absolute Gasteiger partial charge is 0.378 e. The van der Waals surface area contributed by atoms with Gasteiger partial charge in [0, 0.05) is 15.5 Å². The molecule has 112 valence electrons. The molecule has 0 radical (unpaired) electrons. The number of hydrogen-bond acceptors (Lipinski definition) is 1. The van der Waals surface area contributed by atoms with E-state index in [0.717, 1.165) is 15.2 Å². The average molecular weight is 367 g/mol. The van der Waals surface area contributed by atoms with Crippen LogP contribution < -0.4 is 5.32 Å². The van der Waals surface area contributed by atoms with Crippen LogP contribution in [-0.4, -0.2) is 0 Å². The van der Waals surface area contributed by atoms with Crippen molar-refractivity contribution in [3.05, 3.63) is 63.1 Å². The van der Waals surface area contributed by atoms with Gasteiger partial charge in [0.2, 0.25) is 0 Å². The molecule has 0 aliphatic carbocycles. The quantitative estimate of drug-likeness (QED) is 0.647. The summed E-state index contributed by atoms with van der Waals surface area (Å²) >= 11 is 9.60. The molecule has 1 unspecified atom stereocenters. The Balaban J connectivity index is 2.17. The topological polar surface area (TPSA) is 12.0 Å². The third-order valence-electron chi connectivity index (χ3n) is 3.58. The summed E-state index contributed by atoms with van der Waals surface area (Å²) in [5.74, 6) is 0. The molecular formula is C18H21BrClN. The highest BCUT2D eigenvalue weighted by atomic mass is 79.9. The molecule has 1 N–H and O–H groups in total. The molecule has 0 aliphatic heterocycles. The summed E-state index contributed by atoms with van der Waals surface area (Å²) < 4.78 is 1.02. The minimum atomic E-state index is 0.186. The zero-order chi connectivity index (χ0) is 15.6. The van der Waals surface area contributed by atoms with Crippen molar-refractivity contribution in [3.8, 4) is 0 Å². The van der Waals surface area contributed by atoms with Crippen molar-refractivity contribution >= 4 is 33.2 Å². The van der Waals surface area contributed by atoms with Gasteiger partial charge in [-0.25, -0.2) is 0 Å². The van der Waals surface area contributed by atoms with E-state index >= 15 is 0 Å². The van der Waals surface area contributed by atoms with Crippen LogP contribution in [0.1, 0.15) is 44.9 Å². The Morgan fingerprint density at radius 3 is 2.24 bits per heavy atom. The second-order valence-corrected chi connectivity index (χ2v) is 7.65. The molecule has 1 nitrogen and oxygen atoms in total. The molecular weight excluding hydrogens is 346 g/mol. The molecule has 0 saturated carbocycles. The number of hydrogen-bond donors (Lipinski definition) is 1. The molecule has 0 saturated heterocycles. The van der Waals surface area contributed by atoms with Crippen LogP contribution in [0.5, 0.6) is 0 Å². The summed E-state index contributed by atoms with van der Waals surface area (Å²) in [6, 6.07) is 14.8. The normalized spacial score (nSPS) is 13.0. The van der Waals surface area contributed by atoms with Crippen LogP contribution in [0.15, 0.2) is 46.9 Å². The molecule has 0 aliphatic rings. The number of anilines is 1. The summed E-state index contributed by atoms with van der Waals surface area (Å²) in [6.07, 6.45) is 0. The molecule has 2 rings (SSSR count). The molecule has 0 bridgehead atoms. The lowest BCUT2D eigenvalue weighted by Crippen LogP contribution is -2.12. The SMILES string of the molecule is CC(Nc1cc(Cl)ccc1Br)c1ccc(C(C)(C)C)cc1. The van der Waals surface area contributed by atoms with Gasteiger partial charge in [-0.2, -0.15) is 0 Å². The lowest BCUT2D eigenvalue weighted by molar-refractivity contribution is 0.589. The molecule has 0 spiro atoms. The Kier molecular flexibility index (Phi) is 5.00. The monoisotopic (exact) mass is 365 g/mol. The van der Waals surface area contributed by atoms with Gasteiger partial charge in [0.25, 0.3) is 0 Å². The molecule has 0 amide bonds. The first-order chi connectivity index (χ1) is 9.77. The van der Waals surface area contributed by atoms with Gasteiger partial charge in [-0.3, -0.25) is 0 Å². The van der Waals surface area contributed by atoms with E-state index in [4.69, 9.17) is 11.6 Å². The number of nitrogens with one attached hydrogen (secondary N) is 1. The zero-order valence-electron chi connectivity index (χ0n) is 12.9. The van der Waals surface area contributed by atoms with Gasteiger partial charge in [-0.1, -0.05) is 56.6 Å². The van der Waals surface area contributed by atoms with Gasteiger partial charge < -0.3 is 5.32 Å². The highest BCUT2D eigenvalue weighted by molar-refractivity contribution is 9.10. The maximum atomic E-state index is 6.06. The molecule has 21 heavy (non-hydrogen) atoms. The first-order valence-corrected chi connectivity index (χ1v) is 8.26. The van der Waals surface area contributed by atoms with Crippen LogP contribution in [0.25, 0.3) is 0 Å². The van der Waals surface area contributed by atoms with E-state index < -0.39 is 0 Å². The molecule has 0 aromatic heterocycles. The smallest absolute Gasteiger partial charge is 0.0504 e. The molecule has 2 aromatic carbocycles. The average Bonchev–Trinajstić information content (AvgIpc) is 2.42. The third kappa shape index (κ3) is 4.24. The van der Waals surface area contributed by atoms with E-state index in [0.29, 0.717) is 0 Å². The van der Waals surface area contributed by atoms with Gasteiger partial charge in [0.05, 0.1) is 5.69 Å². The summed E-state index contributed by atoms with van der Waals surface area (Å²) in [5.41, 5.74) is 3.80. The van der Waals surface area contributed by atoms with Gasteiger partial charge in [-0.05, 0) is 57.6 Å². The van der Waals surface area contributed by atoms with Gasteiger partial charge in [0.15, 0.2) is 0 Å². The van der Waals surface area contributed by atoms with Crippen molar-refractivity contribution in [3.63, 3.8) is 0 Å². The van der Waals surface area contributed by atoms with Crippen LogP contribution in [0.2, 0.25) is 5.02 Å². The number of benzene rings is 2. The maximum absolute atomic E-state index is 6.06. The lowest BCUT2D eigenvalue weighted by atomic mass is 9.86. The maximum Gasteiger partial charge on any atom is 0.0504 e. The summed E-state index contributed by atoms with van der Waals surface area (Å²) in [6.45, 7) is 8.84. The second-order valence-electron chi connectivity index (χ2n) is 6.36. The van der Waals surface area contributed by atoms with Crippen molar-refractivity contribution in [1.82, 2.24) is 0 Å². The first kappa shape index (κ1) is 16.4. The van der Waals surface area contributed by atoms with Crippen LogP contribution in [-0.2, 0) is 5.41 Å². The highest BCUT2D eigenvalue weighted by Crippen LogP contribution is 2.30. The van der Waals surface area contributed by atoms with E-state index in [2.05, 4.69) is 73.2 Å². The van der Waals surface area contributed by atoms with Crippen molar-refractivity contribution in [2.24, 2.45) is 0 Å². The lowest BCUT2D eigenvalue weighted by Gasteiger charge is -2.21. The van der Waals surface area contributed by atoms with E-state index in [1.54, 1.807) is 0 Å². The Labute approximate surface area is 140 Å². The summed E-state index contributed by atoms with van der Waals surface area (Å²) in [4.78, 5) is 0. The van der Waals surface area contributed by atoms with Crippen molar-refractivity contribution in [2.75, 3.05) is 5.32 Å². The summed E-state index contributed by atoms with van der Waals surface area (Å²) in [7, 11) is 0. The van der Waals surface area contributed by atoms with Crippen LogP contribution in [0.3, 0.4) is 0 Å². The molecule has 1 atom stereocenters. The van der Waals surface area contributed by atoms with Crippen molar-refractivity contribution < 1.29 is 0 Å². The fraction of sp³-hybridized carbons (Fsp3) is 0.333. The van der Waals surface area contributed by atoms with E-state index in [9.17, 15) is 0 Å². The van der Waals surface area contributed by atoms with Crippen LogP contribution in [0, 0.1) is 0 Å². The van der Waals surface area contributed by atoms with Gasteiger partial charge in [-0.15, -0.1) is 0 Å². The van der Waals surface area contributed by atoms with Gasteiger partial charge in [0.1, 0.15) is 0 Å². The van der Waals surface area contributed by atoms with E-state index in [-0.39, 0.29) is 11.5 Å². The first-order valence-electron chi connectivity index (χ1n) is 7.09. The molecule has 0 heterocycles. The molecule has 3 heteroatoms. The molecule has 0 fully saturated rings. The van der Waals surface area contributed by atoms with Gasteiger partial charge >= 0.3 is 0 Å². The number of rotatable bonds is 3. The Morgan fingerprint density at radius 2 is 1.67 bits per heavy atom. The predicted molar refractivity (Wildman–Crippen MR) is 96.3 cm³/mol. The third-order valence-corrected chi connectivity index (χ3v) is 4.50. The fourth-order valence-electron chi connectivity index (χ4n) is 2.20. The highest BCUT2D eigenvalue weighted by Gasteiger charge is 2.14. The Hall–Kier alpha value is -0.990. The predicted octanol–water partition coefficient (Wildman–Crippen LogP) is 6.57. The number of halogens is 2. The zero-order valence-corrected chi connectivity index (χ0v) is 15.2. The van der Waals surface area contributed by atoms with Crippen molar-refractivity contribution in [1.29, 1.82) is 0 Å². The fourth-order valence-corrected chi connectivity index (χ4v) is 2.73. The van der Waals surface area contributed by atoms with Crippen LogP contribution >= 0.6 is 27.5 Å². The van der Waals surface area contributed by atoms with E-state index in [1.165, 1.54) is 11.1 Å². The van der Waals surface area contributed by atoms with E-state index in [1.807, 2.05) is 18.2 Å².